The minimum absolute atomic E-state index is 0.195. The van der Waals surface area contributed by atoms with E-state index in [0.717, 1.165) is 54.0 Å². The second-order valence-corrected chi connectivity index (χ2v) is 9.17. The number of nitrogens with one attached hydrogen (secondary N) is 1. The van der Waals surface area contributed by atoms with Gasteiger partial charge in [0, 0.05) is 6.54 Å². The summed E-state index contributed by atoms with van der Waals surface area (Å²) in [4.78, 5) is 12.8. The maximum Gasteiger partial charge on any atom is 0.416 e. The number of hydrogen-bond acceptors (Lipinski definition) is 3. The third-order valence-electron chi connectivity index (χ3n) is 5.03. The normalized spacial score (nSPS) is 13.0. The van der Waals surface area contributed by atoms with Crippen LogP contribution in [0.3, 0.4) is 0 Å². The van der Waals surface area contributed by atoms with Gasteiger partial charge in [0.05, 0.1) is 17.5 Å². The van der Waals surface area contributed by atoms with Crippen molar-refractivity contribution in [3.8, 4) is 0 Å². The lowest BCUT2D eigenvalue weighted by molar-refractivity contribution is -0.137. The van der Waals surface area contributed by atoms with E-state index in [-0.39, 0.29) is 12.2 Å². The van der Waals surface area contributed by atoms with Crippen molar-refractivity contribution in [1.82, 2.24) is 5.32 Å². The first-order valence-corrected chi connectivity index (χ1v) is 11.8. The number of carbonyl (C=O) groups is 1. The highest BCUT2D eigenvalue weighted by Crippen LogP contribution is 2.32. The number of benzene rings is 2. The number of rotatable bonds is 8. The number of carbonyl (C=O) groups excluding carboxylic acids is 1. The topological polar surface area (TPSA) is 66.5 Å². The van der Waals surface area contributed by atoms with Gasteiger partial charge in [-0.2, -0.15) is 13.2 Å². The van der Waals surface area contributed by atoms with Crippen LogP contribution in [0.25, 0.3) is 0 Å². The Morgan fingerprint density at radius 1 is 1.06 bits per heavy atom. The standard InChI is InChI=1S/C22H27F3N2O3S/c1-5-16-10-11-17(6-2)18(12-16)14-26-21(28)15(3)27(31(4,29)30)20-9-7-8-19(13-20)22(23,24)25/h7-13,15H,5-6,14H2,1-4H3,(H,26,28). The average molecular weight is 457 g/mol. The monoisotopic (exact) mass is 456 g/mol. The van der Waals surface area contributed by atoms with E-state index in [9.17, 15) is 26.4 Å². The minimum Gasteiger partial charge on any atom is -0.350 e. The molecule has 1 unspecified atom stereocenters. The third kappa shape index (κ3) is 6.22. The average Bonchev–Trinajstić information content (AvgIpc) is 2.70. The van der Waals surface area contributed by atoms with E-state index in [1.54, 1.807) is 0 Å². The number of anilines is 1. The molecule has 0 saturated heterocycles. The van der Waals surface area contributed by atoms with Crippen LogP contribution >= 0.6 is 0 Å². The molecule has 2 aromatic rings. The minimum atomic E-state index is -4.63. The third-order valence-corrected chi connectivity index (χ3v) is 6.27. The summed E-state index contributed by atoms with van der Waals surface area (Å²) in [5.41, 5.74) is 1.88. The number of aryl methyl sites for hydroxylation is 2. The summed E-state index contributed by atoms with van der Waals surface area (Å²) in [6.45, 7) is 5.55. The SMILES string of the molecule is CCc1ccc(CC)c(CNC(=O)C(C)N(c2cccc(C(F)(F)F)c2)S(C)(=O)=O)c1. The van der Waals surface area contributed by atoms with Gasteiger partial charge in [-0.1, -0.05) is 38.1 Å². The second kappa shape index (κ2) is 9.72. The molecule has 2 aromatic carbocycles. The van der Waals surface area contributed by atoms with E-state index in [4.69, 9.17) is 0 Å². The zero-order chi connectivity index (χ0) is 23.4. The summed E-state index contributed by atoms with van der Waals surface area (Å²) >= 11 is 0. The van der Waals surface area contributed by atoms with E-state index in [0.29, 0.717) is 4.31 Å². The lowest BCUT2D eigenvalue weighted by Crippen LogP contribution is -2.47. The molecule has 9 heteroatoms. The van der Waals surface area contributed by atoms with Crippen LogP contribution in [0.4, 0.5) is 18.9 Å². The fourth-order valence-electron chi connectivity index (χ4n) is 3.37. The zero-order valence-electron chi connectivity index (χ0n) is 18.0. The van der Waals surface area contributed by atoms with Crippen LogP contribution in [-0.4, -0.2) is 26.6 Å². The molecule has 0 aliphatic rings. The van der Waals surface area contributed by atoms with Crippen molar-refractivity contribution in [3.05, 3.63) is 64.7 Å². The smallest absolute Gasteiger partial charge is 0.350 e. The molecule has 0 heterocycles. The van der Waals surface area contributed by atoms with Crippen LogP contribution in [0.2, 0.25) is 0 Å². The van der Waals surface area contributed by atoms with E-state index >= 15 is 0 Å². The Morgan fingerprint density at radius 3 is 2.29 bits per heavy atom. The predicted octanol–water partition coefficient (Wildman–Crippen LogP) is 4.30. The highest BCUT2D eigenvalue weighted by Gasteiger charge is 2.34. The van der Waals surface area contributed by atoms with Gasteiger partial charge >= 0.3 is 6.18 Å². The molecule has 1 amide bonds. The van der Waals surface area contributed by atoms with E-state index < -0.39 is 33.7 Å². The Morgan fingerprint density at radius 2 is 1.74 bits per heavy atom. The molecule has 0 saturated carbocycles. The Kier molecular flexibility index (Phi) is 7.75. The molecule has 0 spiro atoms. The summed E-state index contributed by atoms with van der Waals surface area (Å²) in [5, 5.41) is 2.72. The molecule has 31 heavy (non-hydrogen) atoms. The van der Waals surface area contributed by atoms with E-state index in [1.165, 1.54) is 13.0 Å². The highest BCUT2D eigenvalue weighted by atomic mass is 32.2. The molecule has 0 aliphatic carbocycles. The van der Waals surface area contributed by atoms with E-state index in [1.807, 2.05) is 32.0 Å². The first-order valence-electron chi connectivity index (χ1n) is 9.93. The van der Waals surface area contributed by atoms with Crippen molar-refractivity contribution in [2.45, 2.75) is 52.4 Å². The van der Waals surface area contributed by atoms with Gasteiger partial charge < -0.3 is 5.32 Å². The van der Waals surface area contributed by atoms with Crippen molar-refractivity contribution in [2.75, 3.05) is 10.6 Å². The van der Waals surface area contributed by atoms with Gasteiger partial charge in [-0.3, -0.25) is 9.10 Å². The highest BCUT2D eigenvalue weighted by molar-refractivity contribution is 7.92. The Bertz CT molecular complexity index is 1040. The summed E-state index contributed by atoms with van der Waals surface area (Å²) in [7, 11) is -4.03. The van der Waals surface area contributed by atoms with Gasteiger partial charge in [0.1, 0.15) is 6.04 Å². The molecule has 0 radical (unpaired) electrons. The lowest BCUT2D eigenvalue weighted by atomic mass is 10.0. The molecule has 0 aliphatic heterocycles. The number of halogens is 3. The summed E-state index contributed by atoms with van der Waals surface area (Å²) in [5.74, 6) is -0.605. The molecular formula is C22H27F3N2O3S. The summed E-state index contributed by atoms with van der Waals surface area (Å²) in [6.07, 6.45) is -2.17. The summed E-state index contributed by atoms with van der Waals surface area (Å²) < 4.78 is 64.7. The molecule has 0 aromatic heterocycles. The molecule has 1 atom stereocenters. The van der Waals surface area contributed by atoms with Crippen LogP contribution in [0.1, 0.15) is 43.0 Å². The van der Waals surface area contributed by atoms with Crippen LogP contribution < -0.4 is 9.62 Å². The van der Waals surface area contributed by atoms with Crippen LogP contribution in [0.5, 0.6) is 0 Å². The quantitative estimate of drug-likeness (QED) is 0.644. The first-order chi connectivity index (χ1) is 14.4. The number of nitrogens with zero attached hydrogens (tertiary/aromatic N) is 1. The van der Waals surface area contributed by atoms with Crippen molar-refractivity contribution < 1.29 is 26.4 Å². The molecule has 170 valence electrons. The van der Waals surface area contributed by atoms with Crippen molar-refractivity contribution in [2.24, 2.45) is 0 Å². The molecule has 0 bridgehead atoms. The maximum atomic E-state index is 13.1. The van der Waals surface area contributed by atoms with Gasteiger partial charge in [-0.05, 0) is 54.7 Å². The van der Waals surface area contributed by atoms with Gasteiger partial charge in [0.15, 0.2) is 0 Å². The lowest BCUT2D eigenvalue weighted by Gasteiger charge is -2.29. The molecular weight excluding hydrogens is 429 g/mol. The van der Waals surface area contributed by atoms with Gasteiger partial charge in [-0.15, -0.1) is 0 Å². The predicted molar refractivity (Wildman–Crippen MR) is 115 cm³/mol. The van der Waals surface area contributed by atoms with Crippen LogP contribution in [-0.2, 0) is 40.4 Å². The second-order valence-electron chi connectivity index (χ2n) is 7.31. The van der Waals surface area contributed by atoms with Gasteiger partial charge in [0.25, 0.3) is 0 Å². The fourth-order valence-corrected chi connectivity index (χ4v) is 4.53. The van der Waals surface area contributed by atoms with Gasteiger partial charge in [0.2, 0.25) is 15.9 Å². The van der Waals surface area contributed by atoms with Crippen molar-refractivity contribution >= 4 is 21.6 Å². The van der Waals surface area contributed by atoms with Crippen molar-refractivity contribution in [3.63, 3.8) is 0 Å². The Labute approximate surface area is 181 Å². The number of amides is 1. The van der Waals surface area contributed by atoms with Crippen LogP contribution in [0.15, 0.2) is 42.5 Å². The zero-order valence-corrected chi connectivity index (χ0v) is 18.8. The molecule has 0 fully saturated rings. The first kappa shape index (κ1) is 24.7. The molecule has 1 N–H and O–H groups in total. The van der Waals surface area contributed by atoms with Crippen molar-refractivity contribution in [1.29, 1.82) is 0 Å². The fraction of sp³-hybridized carbons (Fsp3) is 0.409. The van der Waals surface area contributed by atoms with Crippen LogP contribution in [0, 0.1) is 0 Å². The number of hydrogen-bond donors (Lipinski definition) is 1. The molecule has 2 rings (SSSR count). The Hall–Kier alpha value is -2.55. The molecule has 5 nitrogen and oxygen atoms in total. The summed E-state index contributed by atoms with van der Waals surface area (Å²) in [6, 6.07) is 8.70. The van der Waals surface area contributed by atoms with E-state index in [2.05, 4.69) is 5.32 Å². The number of alkyl halides is 3. The Balaban J connectivity index is 2.29. The maximum absolute atomic E-state index is 13.1. The number of sulfonamides is 1. The largest absolute Gasteiger partial charge is 0.416 e. The van der Waals surface area contributed by atoms with Gasteiger partial charge in [-0.25, -0.2) is 8.42 Å².